The van der Waals surface area contributed by atoms with Gasteiger partial charge in [-0.15, -0.1) is 0 Å². The molecule has 3 atom stereocenters. The first kappa shape index (κ1) is 21.5. The third-order valence-corrected chi connectivity index (χ3v) is 8.09. The maximum Gasteiger partial charge on any atom is 0.263 e. The van der Waals surface area contributed by atoms with Gasteiger partial charge in [0.25, 0.3) is 5.91 Å². The van der Waals surface area contributed by atoms with Crippen molar-refractivity contribution in [2.75, 3.05) is 23.3 Å². The molecule has 6 heteroatoms. The van der Waals surface area contributed by atoms with Gasteiger partial charge in [-0.25, -0.2) is 0 Å². The Kier molecular flexibility index (Phi) is 6.49. The molecule has 1 aromatic heterocycles. The van der Waals surface area contributed by atoms with Crippen LogP contribution in [0.2, 0.25) is 0 Å². The fraction of sp³-hybridized carbons (Fsp3) is 0.500. The van der Waals surface area contributed by atoms with Gasteiger partial charge in [-0.05, 0) is 56.2 Å². The summed E-state index contributed by atoms with van der Waals surface area (Å²) in [7, 11) is 0. The van der Waals surface area contributed by atoms with Gasteiger partial charge in [-0.2, -0.15) is 0 Å². The topological polar surface area (TPSA) is 48.7 Å². The van der Waals surface area contributed by atoms with Crippen LogP contribution in [0, 0.1) is 5.92 Å². The summed E-state index contributed by atoms with van der Waals surface area (Å²) in [6.45, 7) is 4.39. The largest absolute Gasteiger partial charge is 0.441 e. The molecule has 0 bridgehead atoms. The van der Waals surface area contributed by atoms with Crippen molar-refractivity contribution in [3.8, 4) is 0 Å². The van der Waals surface area contributed by atoms with E-state index in [1.807, 2.05) is 36.4 Å². The summed E-state index contributed by atoms with van der Waals surface area (Å²) in [5.74, 6) is 2.32. The molecule has 2 aliphatic heterocycles. The Hall–Kier alpha value is -2.34. The lowest BCUT2D eigenvalue weighted by atomic mass is 9.85. The Bertz CT molecular complexity index is 951. The number of hydrogen-bond donors (Lipinski definition) is 1. The number of piperidine rings is 1. The lowest BCUT2D eigenvalue weighted by Gasteiger charge is -2.39. The van der Waals surface area contributed by atoms with Gasteiger partial charge in [0.1, 0.15) is 5.76 Å². The lowest BCUT2D eigenvalue weighted by Crippen LogP contribution is -2.48. The molecule has 5 nitrogen and oxygen atoms in total. The number of para-hydroxylation sites is 1. The van der Waals surface area contributed by atoms with Gasteiger partial charge in [0.15, 0.2) is 11.4 Å². The van der Waals surface area contributed by atoms with Crippen LogP contribution in [0.25, 0.3) is 6.08 Å². The Balaban J connectivity index is 1.39. The quantitative estimate of drug-likeness (QED) is 0.552. The minimum Gasteiger partial charge on any atom is -0.441 e. The van der Waals surface area contributed by atoms with E-state index in [0.717, 1.165) is 41.7 Å². The zero-order valence-electron chi connectivity index (χ0n) is 18.8. The van der Waals surface area contributed by atoms with Crippen molar-refractivity contribution < 1.29 is 9.21 Å². The molecule has 0 spiro atoms. The second-order valence-electron chi connectivity index (χ2n) is 9.25. The van der Waals surface area contributed by atoms with Crippen LogP contribution in [-0.2, 0) is 4.79 Å². The van der Waals surface area contributed by atoms with Crippen molar-refractivity contribution in [3.05, 3.63) is 53.1 Å². The highest BCUT2D eigenvalue weighted by Crippen LogP contribution is 2.42. The predicted octanol–water partition coefficient (Wildman–Crippen LogP) is 6.16. The monoisotopic (exact) mass is 451 g/mol. The van der Waals surface area contributed by atoms with Crippen LogP contribution in [0.3, 0.4) is 0 Å². The average Bonchev–Trinajstić information content (AvgIpc) is 3.41. The molecule has 2 aromatic rings. The SMILES string of the molecule is C[C@@H]1CCCC[C@H]1N1C(=O)/C(=C/c2ccc(N3CCCCC3)o2)SC1Nc1ccccc1. The van der Waals surface area contributed by atoms with Gasteiger partial charge in [0, 0.05) is 37.0 Å². The molecule has 3 fully saturated rings. The molecule has 1 aliphatic carbocycles. The smallest absolute Gasteiger partial charge is 0.263 e. The van der Waals surface area contributed by atoms with E-state index >= 15 is 0 Å². The van der Waals surface area contributed by atoms with Gasteiger partial charge >= 0.3 is 0 Å². The van der Waals surface area contributed by atoms with E-state index in [4.69, 9.17) is 4.42 Å². The van der Waals surface area contributed by atoms with Gasteiger partial charge in [-0.1, -0.05) is 49.7 Å². The number of rotatable bonds is 5. The van der Waals surface area contributed by atoms with E-state index in [0.29, 0.717) is 5.92 Å². The van der Waals surface area contributed by atoms with Crippen molar-refractivity contribution in [2.45, 2.75) is 63.4 Å². The van der Waals surface area contributed by atoms with Crippen molar-refractivity contribution in [1.29, 1.82) is 0 Å². The number of carbonyl (C=O) groups is 1. The van der Waals surface area contributed by atoms with Crippen molar-refractivity contribution in [2.24, 2.45) is 5.92 Å². The molecule has 32 heavy (non-hydrogen) atoms. The molecule has 170 valence electrons. The third-order valence-electron chi connectivity index (χ3n) is 6.98. The second kappa shape index (κ2) is 9.65. The highest BCUT2D eigenvalue weighted by Gasteiger charge is 2.43. The maximum absolute atomic E-state index is 13.6. The number of benzene rings is 1. The highest BCUT2D eigenvalue weighted by molar-refractivity contribution is 8.05. The number of carbonyl (C=O) groups excluding carboxylic acids is 1. The number of amides is 1. The minimum atomic E-state index is -0.0989. The first-order valence-electron chi connectivity index (χ1n) is 12.1. The first-order chi connectivity index (χ1) is 15.7. The van der Waals surface area contributed by atoms with Gasteiger partial charge in [0.05, 0.1) is 4.91 Å². The van der Waals surface area contributed by atoms with E-state index < -0.39 is 0 Å². The molecule has 3 aliphatic rings. The highest BCUT2D eigenvalue weighted by atomic mass is 32.2. The molecule has 1 amide bonds. The van der Waals surface area contributed by atoms with Crippen molar-refractivity contribution >= 4 is 35.3 Å². The summed E-state index contributed by atoms with van der Waals surface area (Å²) >= 11 is 1.61. The fourth-order valence-corrected chi connectivity index (χ4v) is 6.39. The van der Waals surface area contributed by atoms with Crippen LogP contribution in [-0.4, -0.2) is 35.4 Å². The number of thioether (sulfide) groups is 1. The number of hydrogen-bond acceptors (Lipinski definition) is 5. The molecule has 5 rings (SSSR count). The van der Waals surface area contributed by atoms with E-state index in [9.17, 15) is 4.79 Å². The summed E-state index contributed by atoms with van der Waals surface area (Å²) in [5.41, 5.74) is 0.941. The van der Waals surface area contributed by atoms with E-state index in [2.05, 4.69) is 34.2 Å². The molecule has 3 heterocycles. The zero-order valence-corrected chi connectivity index (χ0v) is 19.7. The predicted molar refractivity (Wildman–Crippen MR) is 132 cm³/mol. The second-order valence-corrected chi connectivity index (χ2v) is 10.4. The Morgan fingerprint density at radius 2 is 1.78 bits per heavy atom. The van der Waals surface area contributed by atoms with Crippen LogP contribution in [0.5, 0.6) is 0 Å². The van der Waals surface area contributed by atoms with Crippen LogP contribution in [0.1, 0.15) is 57.6 Å². The lowest BCUT2D eigenvalue weighted by molar-refractivity contribution is -0.129. The summed E-state index contributed by atoms with van der Waals surface area (Å²) < 4.78 is 6.13. The molecule has 0 radical (unpaired) electrons. The van der Waals surface area contributed by atoms with E-state index in [1.165, 1.54) is 38.5 Å². The first-order valence-corrected chi connectivity index (χ1v) is 12.9. The molecule has 1 aromatic carbocycles. The van der Waals surface area contributed by atoms with Crippen molar-refractivity contribution in [3.63, 3.8) is 0 Å². The number of furan rings is 1. The average molecular weight is 452 g/mol. The molecule has 2 saturated heterocycles. The maximum atomic E-state index is 13.6. The Labute approximate surface area is 195 Å². The van der Waals surface area contributed by atoms with Gasteiger partial charge in [0.2, 0.25) is 0 Å². The molecule has 1 unspecified atom stereocenters. The van der Waals surface area contributed by atoms with Crippen LogP contribution in [0.15, 0.2) is 51.8 Å². The Morgan fingerprint density at radius 3 is 2.56 bits per heavy atom. The molecular formula is C26H33N3O2S. The molecular weight excluding hydrogens is 418 g/mol. The van der Waals surface area contributed by atoms with E-state index in [1.54, 1.807) is 11.8 Å². The molecule has 1 saturated carbocycles. The minimum absolute atomic E-state index is 0.0989. The molecule has 1 N–H and O–H groups in total. The summed E-state index contributed by atoms with van der Waals surface area (Å²) in [5, 5.41) is 3.60. The van der Waals surface area contributed by atoms with Crippen LogP contribution >= 0.6 is 11.8 Å². The zero-order chi connectivity index (χ0) is 21.9. The summed E-state index contributed by atoms with van der Waals surface area (Å²) in [6, 6.07) is 14.5. The fourth-order valence-electron chi connectivity index (χ4n) is 5.20. The van der Waals surface area contributed by atoms with Crippen LogP contribution < -0.4 is 10.2 Å². The van der Waals surface area contributed by atoms with Gasteiger partial charge < -0.3 is 19.5 Å². The summed E-state index contributed by atoms with van der Waals surface area (Å²) in [6.07, 6.45) is 10.4. The normalized spacial score (nSPS) is 27.8. The van der Waals surface area contributed by atoms with E-state index in [-0.39, 0.29) is 17.4 Å². The number of nitrogens with one attached hydrogen (secondary N) is 1. The van der Waals surface area contributed by atoms with Crippen LogP contribution in [0.4, 0.5) is 11.6 Å². The van der Waals surface area contributed by atoms with Crippen molar-refractivity contribution in [1.82, 2.24) is 4.90 Å². The third kappa shape index (κ3) is 4.56. The van der Waals surface area contributed by atoms with Gasteiger partial charge in [-0.3, -0.25) is 4.79 Å². The summed E-state index contributed by atoms with van der Waals surface area (Å²) in [4.78, 5) is 18.8. The number of nitrogens with zero attached hydrogens (tertiary/aromatic N) is 2. The standard InChI is InChI=1S/C26H33N3O2S/c1-19-10-6-7-13-22(19)29-25(30)23(32-26(29)27-20-11-4-2-5-12-20)18-21-14-15-24(31-21)28-16-8-3-9-17-28/h2,4-5,11-12,14-15,18-19,22,26-27H,3,6-10,13,16-17H2,1H3/b23-18-/t19-,22-,26?/m1/s1. The Morgan fingerprint density at radius 1 is 1.00 bits per heavy atom. The number of anilines is 2.